The molecule has 1 aliphatic carbocycles. The van der Waals surface area contributed by atoms with E-state index < -0.39 is 10.2 Å². The molecule has 0 bridgehead atoms. The number of hydrogen-bond acceptors (Lipinski definition) is 3. The Balaban J connectivity index is 1.81. The summed E-state index contributed by atoms with van der Waals surface area (Å²) >= 11 is 0. The largest absolute Gasteiger partial charge is 0.316 e. The van der Waals surface area contributed by atoms with Crippen molar-refractivity contribution in [3.8, 4) is 0 Å². The van der Waals surface area contributed by atoms with Crippen LogP contribution in [0.15, 0.2) is 0 Å². The maximum atomic E-state index is 12.4. The third-order valence-corrected chi connectivity index (χ3v) is 6.54. The molecule has 2 aliphatic rings. The van der Waals surface area contributed by atoms with Crippen molar-refractivity contribution in [2.75, 3.05) is 32.7 Å². The highest BCUT2D eigenvalue weighted by atomic mass is 32.2. The van der Waals surface area contributed by atoms with E-state index in [9.17, 15) is 8.42 Å². The van der Waals surface area contributed by atoms with Gasteiger partial charge < -0.3 is 5.32 Å². The van der Waals surface area contributed by atoms with Gasteiger partial charge in [0.2, 0.25) is 0 Å². The second kappa shape index (κ2) is 7.40. The maximum Gasteiger partial charge on any atom is 0.279 e. The van der Waals surface area contributed by atoms with Gasteiger partial charge in [-0.25, -0.2) is 4.72 Å². The van der Waals surface area contributed by atoms with Crippen molar-refractivity contribution in [1.82, 2.24) is 14.3 Å². The highest BCUT2D eigenvalue weighted by molar-refractivity contribution is 7.87. The van der Waals surface area contributed by atoms with Gasteiger partial charge in [0.15, 0.2) is 0 Å². The summed E-state index contributed by atoms with van der Waals surface area (Å²) < 4.78 is 29.4. The van der Waals surface area contributed by atoms with Gasteiger partial charge >= 0.3 is 0 Å². The summed E-state index contributed by atoms with van der Waals surface area (Å²) in [6.45, 7) is 8.18. The van der Waals surface area contributed by atoms with Crippen LogP contribution in [0.5, 0.6) is 0 Å². The van der Waals surface area contributed by atoms with E-state index in [1.165, 1.54) is 0 Å². The zero-order valence-corrected chi connectivity index (χ0v) is 14.3. The van der Waals surface area contributed by atoms with Crippen molar-refractivity contribution >= 4 is 10.2 Å². The molecule has 1 heterocycles. The Labute approximate surface area is 130 Å². The first-order valence-corrected chi connectivity index (χ1v) is 9.91. The smallest absolute Gasteiger partial charge is 0.279 e. The molecule has 1 aliphatic heterocycles. The molecular weight excluding hydrogens is 286 g/mol. The van der Waals surface area contributed by atoms with E-state index in [-0.39, 0.29) is 5.41 Å². The van der Waals surface area contributed by atoms with Crippen molar-refractivity contribution in [3.63, 3.8) is 0 Å². The second-order valence-corrected chi connectivity index (χ2v) is 8.51. The van der Waals surface area contributed by atoms with Crippen molar-refractivity contribution < 1.29 is 8.42 Å². The minimum absolute atomic E-state index is 0.255. The predicted molar refractivity (Wildman–Crippen MR) is 86.3 cm³/mol. The Morgan fingerprint density at radius 1 is 1.29 bits per heavy atom. The van der Waals surface area contributed by atoms with E-state index in [0.717, 1.165) is 51.6 Å². The molecule has 1 saturated carbocycles. The predicted octanol–water partition coefficient (Wildman–Crippen LogP) is 1.72. The first kappa shape index (κ1) is 17.2. The van der Waals surface area contributed by atoms with Crippen LogP contribution in [-0.4, -0.2) is 45.4 Å². The monoisotopic (exact) mass is 317 g/mol. The summed E-state index contributed by atoms with van der Waals surface area (Å²) in [4.78, 5) is 0. The van der Waals surface area contributed by atoms with Gasteiger partial charge in [0.25, 0.3) is 10.2 Å². The molecule has 124 valence electrons. The molecule has 2 N–H and O–H groups in total. The van der Waals surface area contributed by atoms with Gasteiger partial charge in [0.1, 0.15) is 0 Å². The standard InChI is InChI=1S/C15H31N3O2S/c1-3-9-16-11-14-6-5-10-18(12-14)21(19,20)17-13-15(4-2)7-8-15/h14,16-17H,3-13H2,1-2H3. The molecular formula is C15H31N3O2S. The Kier molecular flexibility index (Phi) is 6.05. The van der Waals surface area contributed by atoms with Crippen LogP contribution in [0.25, 0.3) is 0 Å². The van der Waals surface area contributed by atoms with Gasteiger partial charge in [0.05, 0.1) is 0 Å². The van der Waals surface area contributed by atoms with Crippen LogP contribution in [0.1, 0.15) is 52.4 Å². The molecule has 21 heavy (non-hydrogen) atoms. The average Bonchev–Trinajstić information content (AvgIpc) is 3.27. The van der Waals surface area contributed by atoms with E-state index in [0.29, 0.717) is 25.6 Å². The first-order valence-electron chi connectivity index (χ1n) is 8.47. The fourth-order valence-electron chi connectivity index (χ4n) is 3.06. The summed E-state index contributed by atoms with van der Waals surface area (Å²) in [7, 11) is -3.29. The number of hydrogen-bond donors (Lipinski definition) is 2. The minimum Gasteiger partial charge on any atom is -0.316 e. The number of rotatable bonds is 9. The third kappa shape index (κ3) is 4.91. The molecule has 0 aromatic carbocycles. The molecule has 2 rings (SSSR count). The molecule has 1 saturated heterocycles. The lowest BCUT2D eigenvalue weighted by molar-refractivity contribution is 0.257. The van der Waals surface area contributed by atoms with E-state index in [4.69, 9.17) is 0 Å². The summed E-state index contributed by atoms with van der Waals surface area (Å²) in [6.07, 6.45) is 6.61. The van der Waals surface area contributed by atoms with Crippen molar-refractivity contribution in [2.45, 2.75) is 52.4 Å². The Morgan fingerprint density at radius 2 is 2.05 bits per heavy atom. The lowest BCUT2D eigenvalue weighted by Gasteiger charge is -2.32. The van der Waals surface area contributed by atoms with E-state index in [2.05, 4.69) is 23.9 Å². The fourth-order valence-corrected chi connectivity index (χ4v) is 4.51. The molecule has 5 nitrogen and oxygen atoms in total. The fraction of sp³-hybridized carbons (Fsp3) is 1.00. The number of nitrogens with one attached hydrogen (secondary N) is 2. The molecule has 0 aromatic rings. The molecule has 1 atom stereocenters. The van der Waals surface area contributed by atoms with Gasteiger partial charge in [-0.15, -0.1) is 0 Å². The summed E-state index contributed by atoms with van der Waals surface area (Å²) in [5.74, 6) is 0.447. The number of nitrogens with zero attached hydrogens (tertiary/aromatic N) is 1. The molecule has 6 heteroatoms. The normalized spacial score (nSPS) is 25.9. The van der Waals surface area contributed by atoms with Gasteiger partial charge in [0, 0.05) is 19.6 Å². The maximum absolute atomic E-state index is 12.4. The topological polar surface area (TPSA) is 61.4 Å². The van der Waals surface area contributed by atoms with E-state index >= 15 is 0 Å². The Bertz CT molecular complexity index is 421. The Hall–Kier alpha value is -0.170. The van der Waals surface area contributed by atoms with Crippen molar-refractivity contribution in [1.29, 1.82) is 0 Å². The lowest BCUT2D eigenvalue weighted by atomic mass is 10.00. The summed E-state index contributed by atoms with van der Waals surface area (Å²) in [5.41, 5.74) is 0.255. The first-order chi connectivity index (χ1) is 10.0. The lowest BCUT2D eigenvalue weighted by Crippen LogP contribution is -2.48. The van der Waals surface area contributed by atoms with Crippen LogP contribution in [0, 0.1) is 11.3 Å². The molecule has 2 fully saturated rings. The summed E-state index contributed by atoms with van der Waals surface area (Å²) in [6, 6.07) is 0. The average molecular weight is 317 g/mol. The van der Waals surface area contributed by atoms with Gasteiger partial charge in [-0.2, -0.15) is 12.7 Å². The highest BCUT2D eigenvalue weighted by Crippen LogP contribution is 2.48. The quantitative estimate of drug-likeness (QED) is 0.637. The van der Waals surface area contributed by atoms with Crippen molar-refractivity contribution in [2.24, 2.45) is 11.3 Å². The third-order valence-electron chi connectivity index (χ3n) is 5.02. The highest BCUT2D eigenvalue weighted by Gasteiger charge is 2.42. The molecule has 0 aromatic heterocycles. The molecule has 1 unspecified atom stereocenters. The van der Waals surface area contributed by atoms with Gasteiger partial charge in [-0.05, 0) is 62.9 Å². The molecule has 0 radical (unpaired) electrons. The zero-order chi connectivity index (χ0) is 15.3. The summed E-state index contributed by atoms with van der Waals surface area (Å²) in [5, 5.41) is 3.41. The second-order valence-electron chi connectivity index (χ2n) is 6.75. The Morgan fingerprint density at radius 3 is 2.67 bits per heavy atom. The molecule has 0 spiro atoms. The van der Waals surface area contributed by atoms with E-state index in [1.807, 2.05) is 0 Å². The van der Waals surface area contributed by atoms with Gasteiger partial charge in [-0.1, -0.05) is 13.8 Å². The SMILES string of the molecule is CCCNCC1CCCN(S(=O)(=O)NCC2(CC)CC2)C1. The van der Waals surface area contributed by atoms with Crippen LogP contribution in [0.4, 0.5) is 0 Å². The van der Waals surface area contributed by atoms with Gasteiger partial charge in [-0.3, -0.25) is 0 Å². The van der Waals surface area contributed by atoms with Crippen LogP contribution in [-0.2, 0) is 10.2 Å². The van der Waals surface area contributed by atoms with Crippen LogP contribution >= 0.6 is 0 Å². The minimum atomic E-state index is -3.29. The zero-order valence-electron chi connectivity index (χ0n) is 13.5. The van der Waals surface area contributed by atoms with Crippen molar-refractivity contribution in [3.05, 3.63) is 0 Å². The molecule has 0 amide bonds. The van der Waals surface area contributed by atoms with Crippen LogP contribution < -0.4 is 10.0 Å². The van der Waals surface area contributed by atoms with E-state index in [1.54, 1.807) is 4.31 Å². The van der Waals surface area contributed by atoms with Crippen LogP contribution in [0.2, 0.25) is 0 Å². The van der Waals surface area contributed by atoms with Crippen LogP contribution in [0.3, 0.4) is 0 Å². The number of piperidine rings is 1.